The molecule has 1 saturated heterocycles. The number of allylic oxidation sites excluding steroid dienone is 1. The van der Waals surface area contributed by atoms with Gasteiger partial charge >= 0.3 is 23.5 Å². The van der Waals surface area contributed by atoms with E-state index in [1.807, 2.05) is 6.08 Å². The lowest BCUT2D eigenvalue weighted by atomic mass is 9.87. The number of amides is 2. The number of carbonyl (C=O) groups excluding carboxylic acids is 3. The highest BCUT2D eigenvalue weighted by atomic mass is 32.2. The molecule has 0 radical (unpaired) electrons. The summed E-state index contributed by atoms with van der Waals surface area (Å²) in [4.78, 5) is 87.9. The number of ether oxygens (including phenoxy) is 1. The van der Waals surface area contributed by atoms with Gasteiger partial charge in [-0.2, -0.15) is 4.31 Å². The molecule has 1 aliphatic rings. The number of phosphoric acid groups is 3. The average molecular weight is 946 g/mol. The molecule has 3 rings (SSSR count). The lowest BCUT2D eigenvalue weighted by Gasteiger charge is -2.30. The minimum absolute atomic E-state index is 0.0305. The van der Waals surface area contributed by atoms with Crippen molar-refractivity contribution in [2.75, 3.05) is 37.8 Å². The Balaban J connectivity index is 1.41. The van der Waals surface area contributed by atoms with Crippen molar-refractivity contribution in [1.82, 2.24) is 30.2 Å². The van der Waals surface area contributed by atoms with E-state index in [2.05, 4.69) is 47.1 Å². The number of hydrogen-bond donors (Lipinski definition) is 9. The van der Waals surface area contributed by atoms with Crippen LogP contribution in [-0.2, 0) is 50.7 Å². The fourth-order valence-corrected chi connectivity index (χ4v) is 8.97. The molecule has 7 atom stereocenters. The van der Waals surface area contributed by atoms with E-state index in [0.29, 0.717) is 5.75 Å². The van der Waals surface area contributed by atoms with Crippen molar-refractivity contribution in [2.45, 2.75) is 103 Å². The first-order valence-corrected chi connectivity index (χ1v) is 24.5. The van der Waals surface area contributed by atoms with Gasteiger partial charge in [0, 0.05) is 37.1 Å². The molecular formula is C33H54N7O17P3S. The van der Waals surface area contributed by atoms with Crippen LogP contribution in [0.3, 0.4) is 0 Å². The third-order valence-corrected chi connectivity index (χ3v) is 12.7. The molecule has 0 saturated carbocycles. The zero-order valence-electron chi connectivity index (χ0n) is 33.7. The van der Waals surface area contributed by atoms with Gasteiger partial charge < -0.3 is 50.9 Å². The number of nitrogen functional groups attached to an aromatic ring is 1. The fourth-order valence-electron chi connectivity index (χ4n) is 5.51. The maximum Gasteiger partial charge on any atom is 0.481 e. The molecule has 2 aromatic rings. The van der Waals surface area contributed by atoms with Crippen LogP contribution in [-0.4, -0.2) is 123 Å². The van der Waals surface area contributed by atoms with Crippen molar-refractivity contribution in [3.05, 3.63) is 30.5 Å². The maximum atomic E-state index is 12.7. The van der Waals surface area contributed by atoms with Crippen molar-refractivity contribution in [3.63, 3.8) is 0 Å². The van der Waals surface area contributed by atoms with Crippen LogP contribution in [0.4, 0.5) is 5.82 Å². The van der Waals surface area contributed by atoms with E-state index in [0.717, 1.165) is 41.8 Å². The monoisotopic (exact) mass is 945 g/mol. The normalized spacial score (nSPS) is 20.6. The van der Waals surface area contributed by atoms with Crippen LogP contribution < -0.4 is 16.4 Å². The molecule has 24 nitrogen and oxygen atoms in total. The first-order valence-electron chi connectivity index (χ1n) is 19.0. The number of aliphatic hydroxyl groups excluding tert-OH is 2. The van der Waals surface area contributed by atoms with Crippen molar-refractivity contribution in [1.29, 1.82) is 0 Å². The first-order chi connectivity index (χ1) is 28.6. The highest BCUT2D eigenvalue weighted by Gasteiger charge is 2.50. The highest BCUT2D eigenvalue weighted by molar-refractivity contribution is 8.13. The third kappa shape index (κ3) is 18.0. The Hall–Kier alpha value is -2.92. The molecule has 0 aromatic carbocycles. The molecule has 0 bridgehead atoms. The molecule has 0 aliphatic carbocycles. The number of nitrogens with zero attached hydrogens (tertiary/aromatic N) is 4. The van der Waals surface area contributed by atoms with Gasteiger partial charge in [-0.05, 0) is 25.0 Å². The molecule has 2 aromatic heterocycles. The predicted octanol–water partition coefficient (Wildman–Crippen LogP) is 2.13. The summed E-state index contributed by atoms with van der Waals surface area (Å²) in [5.41, 5.74) is 7.28. The van der Waals surface area contributed by atoms with Gasteiger partial charge in [-0.1, -0.05) is 58.2 Å². The average Bonchev–Trinajstić information content (AvgIpc) is 3.73. The number of anilines is 1. The van der Waals surface area contributed by atoms with Gasteiger partial charge in [-0.3, -0.25) is 32.5 Å². The van der Waals surface area contributed by atoms with Gasteiger partial charge in [0.2, 0.25) is 11.8 Å². The number of nitrogens with two attached hydrogens (primary N) is 1. The standard InChI is InChI=1S/C33H54N7O17P3S/c1-4-5-6-7-8-9-10-11-12-13-24(42)61-17-16-35-23(41)14-15-36-31(45)28(44)33(2,3)19-54-60(51,52)57-59(49,50)53-18-22-27(56-58(46,47)48)26(43)32(55-22)40-21-39-25-29(34)37-20-38-30(25)40/h10,12,20-22,26-28,32,43-44H,4-9,13-19H2,1-3H3,(H,35,41)(H,36,45)(H,49,50)(H,51,52)(H2,34,37,38)(H2,46,47,48)/t11?,22-,26-,27-,28+,32-/m1/s1. The minimum atomic E-state index is -5.57. The number of nitrogens with one attached hydrogen (secondary N) is 2. The zero-order chi connectivity index (χ0) is 45.4. The van der Waals surface area contributed by atoms with E-state index in [-0.39, 0.29) is 48.0 Å². The van der Waals surface area contributed by atoms with Crippen molar-refractivity contribution < 1.29 is 80.5 Å². The Morgan fingerprint density at radius 3 is 2.44 bits per heavy atom. The SMILES string of the molecule is CCCCCCCC=C=CCC(=O)SCCNC(=O)CCNC(=O)[C@H](O)C(C)(C)COP(=O)(O)OP(=O)(O)OC[C@H]1O[C@@H](n2cnc3c(N)ncnc32)[C@H](O)[C@@H]1OP(=O)(O)O. The quantitative estimate of drug-likeness (QED) is 0.0352. The molecule has 2 unspecified atom stereocenters. The fraction of sp³-hybridized carbons (Fsp3) is 0.667. The van der Waals surface area contributed by atoms with E-state index in [1.54, 1.807) is 6.08 Å². The first kappa shape index (κ1) is 52.4. The Kier molecular flexibility index (Phi) is 20.8. The summed E-state index contributed by atoms with van der Waals surface area (Å²) >= 11 is 1.06. The van der Waals surface area contributed by atoms with Gasteiger partial charge in [0.15, 0.2) is 22.8 Å². The summed E-state index contributed by atoms with van der Waals surface area (Å²) < 4.78 is 62.2. The second-order valence-electron chi connectivity index (χ2n) is 14.3. The van der Waals surface area contributed by atoms with Crippen LogP contribution in [0.2, 0.25) is 0 Å². The molecule has 1 aliphatic heterocycles. The number of rotatable bonds is 27. The Morgan fingerprint density at radius 1 is 1.03 bits per heavy atom. The van der Waals surface area contributed by atoms with E-state index in [4.69, 9.17) is 19.5 Å². The molecule has 10 N–H and O–H groups in total. The van der Waals surface area contributed by atoms with Crippen LogP contribution >= 0.6 is 35.2 Å². The summed E-state index contributed by atoms with van der Waals surface area (Å²) in [6.07, 6.45) is 3.71. The lowest BCUT2D eigenvalue weighted by molar-refractivity contribution is -0.137. The Labute approximate surface area is 355 Å². The molecule has 3 heterocycles. The summed E-state index contributed by atoms with van der Waals surface area (Å²) in [7, 11) is -16.4. The molecule has 0 spiro atoms. The van der Waals surface area contributed by atoms with E-state index < -0.39 is 84.6 Å². The third-order valence-electron chi connectivity index (χ3n) is 8.72. The van der Waals surface area contributed by atoms with Gasteiger partial charge in [0.25, 0.3) is 0 Å². The second-order valence-corrected chi connectivity index (χ2v) is 19.7. The van der Waals surface area contributed by atoms with Gasteiger partial charge in [-0.25, -0.2) is 28.6 Å². The van der Waals surface area contributed by atoms with Crippen LogP contribution in [0.15, 0.2) is 30.5 Å². The number of hydrogen-bond acceptors (Lipinski definition) is 18. The smallest absolute Gasteiger partial charge is 0.386 e. The van der Waals surface area contributed by atoms with Crippen LogP contribution in [0.5, 0.6) is 0 Å². The van der Waals surface area contributed by atoms with E-state index in [1.165, 1.54) is 39.5 Å². The second kappa shape index (κ2) is 24.2. The van der Waals surface area contributed by atoms with Crippen molar-refractivity contribution >= 4 is 69.1 Å². The van der Waals surface area contributed by atoms with Crippen LogP contribution in [0.1, 0.15) is 78.4 Å². The van der Waals surface area contributed by atoms with Gasteiger partial charge in [0.1, 0.15) is 36.3 Å². The van der Waals surface area contributed by atoms with Crippen LogP contribution in [0.25, 0.3) is 11.2 Å². The number of phosphoric ester groups is 3. The number of carbonyl (C=O) groups is 3. The number of aromatic nitrogens is 4. The molecule has 28 heteroatoms. The van der Waals surface area contributed by atoms with Gasteiger partial charge in [-0.15, -0.1) is 5.73 Å². The summed E-state index contributed by atoms with van der Waals surface area (Å²) in [5, 5.41) is 26.4. The highest BCUT2D eigenvalue weighted by Crippen LogP contribution is 2.61. The van der Waals surface area contributed by atoms with Crippen molar-refractivity contribution in [3.8, 4) is 0 Å². The van der Waals surface area contributed by atoms with Crippen LogP contribution in [0, 0.1) is 5.41 Å². The molecule has 344 valence electrons. The molecule has 1 fully saturated rings. The zero-order valence-corrected chi connectivity index (χ0v) is 37.2. The Bertz CT molecular complexity index is 2000. The number of thioether (sulfide) groups is 1. The molecule has 2 amide bonds. The Morgan fingerprint density at radius 2 is 1.74 bits per heavy atom. The minimum Gasteiger partial charge on any atom is -0.386 e. The summed E-state index contributed by atoms with van der Waals surface area (Å²) in [5.74, 6) is -1.12. The summed E-state index contributed by atoms with van der Waals surface area (Å²) in [6.45, 7) is 2.65. The lowest BCUT2D eigenvalue weighted by Crippen LogP contribution is -2.46. The van der Waals surface area contributed by atoms with E-state index >= 15 is 0 Å². The molecular weight excluding hydrogens is 891 g/mol. The largest absolute Gasteiger partial charge is 0.481 e. The summed E-state index contributed by atoms with van der Waals surface area (Å²) in [6, 6.07) is 0. The molecule has 61 heavy (non-hydrogen) atoms. The van der Waals surface area contributed by atoms with Crippen molar-refractivity contribution in [2.24, 2.45) is 5.41 Å². The van der Waals surface area contributed by atoms with Gasteiger partial charge in [0.05, 0.1) is 19.5 Å². The topological polar surface area (TPSA) is 364 Å². The number of unbranched alkanes of at least 4 members (excludes halogenated alkanes) is 5. The number of imidazole rings is 1. The predicted molar refractivity (Wildman–Crippen MR) is 218 cm³/mol. The number of aliphatic hydroxyl groups is 2. The maximum absolute atomic E-state index is 12.7. The van der Waals surface area contributed by atoms with E-state index in [9.17, 15) is 57.9 Å². The number of fused-ring (bicyclic) bond motifs is 1.